The summed E-state index contributed by atoms with van der Waals surface area (Å²) < 4.78 is 0. The highest BCUT2D eigenvalue weighted by Crippen LogP contribution is 2.26. The van der Waals surface area contributed by atoms with Crippen molar-refractivity contribution in [2.45, 2.75) is 25.8 Å². The van der Waals surface area contributed by atoms with Gasteiger partial charge in [0, 0.05) is 12.2 Å². The summed E-state index contributed by atoms with van der Waals surface area (Å²) in [4.78, 5) is 40.7. The summed E-state index contributed by atoms with van der Waals surface area (Å²) in [6.07, 6.45) is 2.35. The molecule has 0 spiro atoms. The molecule has 1 fully saturated rings. The van der Waals surface area contributed by atoms with Gasteiger partial charge in [0.15, 0.2) is 0 Å². The van der Waals surface area contributed by atoms with Crippen LogP contribution >= 0.6 is 0 Å². The summed E-state index contributed by atoms with van der Waals surface area (Å²) >= 11 is 0. The first-order valence-electron chi connectivity index (χ1n) is 9.24. The zero-order valence-electron chi connectivity index (χ0n) is 15.8. The van der Waals surface area contributed by atoms with Crippen LogP contribution in [0.1, 0.15) is 18.9 Å². The fraction of sp³-hybridized carbons (Fsp3) is 0.227. The highest BCUT2D eigenvalue weighted by atomic mass is 16.2. The molecule has 1 aliphatic heterocycles. The number of carbonyl (C=O) groups is 3. The number of rotatable bonds is 7. The predicted molar refractivity (Wildman–Crippen MR) is 109 cm³/mol. The topological polar surface area (TPSA) is 69.7 Å². The summed E-state index contributed by atoms with van der Waals surface area (Å²) in [5, 5.41) is 2.80. The molecule has 6 nitrogen and oxygen atoms in total. The summed E-state index contributed by atoms with van der Waals surface area (Å²) in [6.45, 7) is 5.90. The minimum Gasteiger partial charge on any atom is -0.326 e. The van der Waals surface area contributed by atoms with Crippen molar-refractivity contribution >= 4 is 29.2 Å². The number of imide groups is 1. The average molecular weight is 377 g/mol. The number of nitrogens with zero attached hydrogens (tertiary/aromatic N) is 2. The Hall–Kier alpha value is -3.41. The summed E-state index contributed by atoms with van der Waals surface area (Å²) in [6, 6.07) is 15.0. The zero-order chi connectivity index (χ0) is 20.1. The van der Waals surface area contributed by atoms with Crippen LogP contribution in [0.4, 0.5) is 16.2 Å². The average Bonchev–Trinajstić information content (AvgIpc) is 2.93. The van der Waals surface area contributed by atoms with Gasteiger partial charge in [-0.1, -0.05) is 43.3 Å². The van der Waals surface area contributed by atoms with E-state index in [2.05, 4.69) is 18.8 Å². The van der Waals surface area contributed by atoms with E-state index in [1.165, 1.54) is 10.5 Å². The largest absolute Gasteiger partial charge is 0.332 e. The van der Waals surface area contributed by atoms with Crippen LogP contribution in [-0.2, 0) is 16.0 Å². The lowest BCUT2D eigenvalue weighted by molar-refractivity contribution is -0.124. The van der Waals surface area contributed by atoms with Gasteiger partial charge in [-0.3, -0.25) is 9.59 Å². The van der Waals surface area contributed by atoms with Crippen LogP contribution in [0.2, 0.25) is 0 Å². The first-order chi connectivity index (χ1) is 13.5. The molecule has 0 aliphatic carbocycles. The Morgan fingerprint density at radius 2 is 1.79 bits per heavy atom. The van der Waals surface area contributed by atoms with Crippen molar-refractivity contribution in [1.82, 2.24) is 4.90 Å². The molecule has 4 amide bonds. The molecule has 3 rings (SSSR count). The van der Waals surface area contributed by atoms with Gasteiger partial charge >= 0.3 is 6.03 Å². The molecule has 1 atom stereocenters. The van der Waals surface area contributed by atoms with Gasteiger partial charge in [-0.05, 0) is 36.2 Å². The second kappa shape index (κ2) is 8.52. The maximum absolute atomic E-state index is 12.9. The molecule has 1 unspecified atom stereocenters. The third kappa shape index (κ3) is 3.96. The number of para-hydroxylation sites is 1. The van der Waals surface area contributed by atoms with E-state index in [0.717, 1.165) is 11.3 Å². The minimum atomic E-state index is -0.861. The molecule has 144 valence electrons. The van der Waals surface area contributed by atoms with Crippen LogP contribution in [-0.4, -0.2) is 35.3 Å². The van der Waals surface area contributed by atoms with Crippen LogP contribution < -0.4 is 10.2 Å². The van der Waals surface area contributed by atoms with E-state index in [1.807, 2.05) is 30.3 Å². The number of hydrogen-bond donors (Lipinski definition) is 1. The van der Waals surface area contributed by atoms with E-state index >= 15 is 0 Å². The molecule has 28 heavy (non-hydrogen) atoms. The Bertz CT molecular complexity index is 878. The number of aryl methyl sites for hydroxylation is 1. The van der Waals surface area contributed by atoms with E-state index in [-0.39, 0.29) is 18.9 Å². The van der Waals surface area contributed by atoms with E-state index in [1.54, 1.807) is 30.3 Å². The van der Waals surface area contributed by atoms with Crippen molar-refractivity contribution in [3.05, 3.63) is 72.8 Å². The molecule has 0 aromatic heterocycles. The Balaban J connectivity index is 1.76. The molecule has 2 aromatic rings. The van der Waals surface area contributed by atoms with E-state index in [9.17, 15) is 14.4 Å². The molecule has 0 radical (unpaired) electrons. The quantitative estimate of drug-likeness (QED) is 0.592. The standard InChI is InChI=1S/C22H23N3O3/c1-3-14-24-19(15-20(26)23-17-12-10-16(4-2)11-13-17)21(27)25(22(24)28)18-8-6-5-7-9-18/h3,5-13,19H,1,4,14-15H2,2H3,(H,23,26). The van der Waals surface area contributed by atoms with Crippen molar-refractivity contribution in [1.29, 1.82) is 0 Å². The number of benzene rings is 2. The maximum atomic E-state index is 12.9. The predicted octanol–water partition coefficient (Wildman–Crippen LogP) is 3.60. The smallest absolute Gasteiger partial charge is 0.326 e. The second-order valence-electron chi connectivity index (χ2n) is 6.55. The maximum Gasteiger partial charge on any atom is 0.332 e. The van der Waals surface area contributed by atoms with Gasteiger partial charge in [-0.25, -0.2) is 9.69 Å². The monoisotopic (exact) mass is 377 g/mol. The van der Waals surface area contributed by atoms with Gasteiger partial charge in [0.05, 0.1) is 12.1 Å². The zero-order valence-corrected chi connectivity index (χ0v) is 15.8. The first kappa shape index (κ1) is 19.4. The Morgan fingerprint density at radius 3 is 2.39 bits per heavy atom. The lowest BCUT2D eigenvalue weighted by Crippen LogP contribution is -2.38. The van der Waals surface area contributed by atoms with Gasteiger partial charge in [-0.15, -0.1) is 6.58 Å². The molecule has 2 aromatic carbocycles. The molecule has 1 aliphatic rings. The normalized spacial score (nSPS) is 16.4. The molecule has 6 heteroatoms. The molecule has 0 saturated carbocycles. The Labute approximate surface area is 164 Å². The van der Waals surface area contributed by atoms with Crippen LogP contribution in [0, 0.1) is 0 Å². The molecule has 0 bridgehead atoms. The molecule has 1 saturated heterocycles. The SMILES string of the molecule is C=CCN1C(=O)N(c2ccccc2)C(=O)C1CC(=O)Nc1ccc(CC)cc1. The fourth-order valence-electron chi connectivity index (χ4n) is 3.21. The van der Waals surface area contributed by atoms with Crippen molar-refractivity contribution in [3.8, 4) is 0 Å². The Morgan fingerprint density at radius 1 is 1.11 bits per heavy atom. The lowest BCUT2D eigenvalue weighted by atomic mass is 10.1. The Kier molecular flexibility index (Phi) is 5.89. The molecular formula is C22H23N3O3. The third-order valence-corrected chi connectivity index (χ3v) is 4.68. The number of hydrogen-bond acceptors (Lipinski definition) is 3. The summed E-state index contributed by atoms with van der Waals surface area (Å²) in [5.74, 6) is -0.728. The lowest BCUT2D eigenvalue weighted by Gasteiger charge is -2.19. The number of nitrogens with one attached hydrogen (secondary N) is 1. The third-order valence-electron chi connectivity index (χ3n) is 4.68. The van der Waals surface area contributed by atoms with Crippen LogP contribution in [0.5, 0.6) is 0 Å². The highest BCUT2D eigenvalue weighted by molar-refractivity contribution is 6.22. The first-order valence-corrected chi connectivity index (χ1v) is 9.24. The van der Waals surface area contributed by atoms with Gasteiger partial charge in [-0.2, -0.15) is 0 Å². The van der Waals surface area contributed by atoms with E-state index < -0.39 is 18.0 Å². The fourth-order valence-corrected chi connectivity index (χ4v) is 3.21. The number of carbonyl (C=O) groups excluding carboxylic acids is 3. The van der Waals surface area contributed by atoms with Gasteiger partial charge in [0.25, 0.3) is 5.91 Å². The summed E-state index contributed by atoms with van der Waals surface area (Å²) in [5.41, 5.74) is 2.32. The number of urea groups is 1. The van der Waals surface area contributed by atoms with Crippen LogP contribution in [0.3, 0.4) is 0 Å². The second-order valence-corrected chi connectivity index (χ2v) is 6.55. The summed E-state index contributed by atoms with van der Waals surface area (Å²) in [7, 11) is 0. The number of anilines is 2. The molecular weight excluding hydrogens is 354 g/mol. The van der Waals surface area contributed by atoms with E-state index in [0.29, 0.717) is 11.4 Å². The molecule has 1 N–H and O–H groups in total. The van der Waals surface area contributed by atoms with Crippen LogP contribution in [0.15, 0.2) is 67.3 Å². The van der Waals surface area contributed by atoms with Crippen molar-refractivity contribution in [2.24, 2.45) is 0 Å². The van der Waals surface area contributed by atoms with Crippen molar-refractivity contribution in [2.75, 3.05) is 16.8 Å². The van der Waals surface area contributed by atoms with Gasteiger partial charge in [0.1, 0.15) is 6.04 Å². The van der Waals surface area contributed by atoms with Crippen LogP contribution in [0.25, 0.3) is 0 Å². The van der Waals surface area contributed by atoms with E-state index in [4.69, 9.17) is 0 Å². The van der Waals surface area contributed by atoms with Gasteiger partial charge < -0.3 is 10.2 Å². The number of amides is 4. The van der Waals surface area contributed by atoms with Crippen molar-refractivity contribution in [3.63, 3.8) is 0 Å². The highest BCUT2D eigenvalue weighted by Gasteiger charge is 2.46. The molecule has 1 heterocycles. The van der Waals surface area contributed by atoms with Gasteiger partial charge in [0.2, 0.25) is 5.91 Å². The minimum absolute atomic E-state index is 0.114. The van der Waals surface area contributed by atoms with Crippen molar-refractivity contribution < 1.29 is 14.4 Å².